The Labute approximate surface area is 203 Å². The monoisotopic (exact) mass is 505 g/mol. The van der Waals surface area contributed by atoms with Gasteiger partial charge in [0.25, 0.3) is 5.91 Å². The van der Waals surface area contributed by atoms with Crippen molar-refractivity contribution >= 4 is 41.0 Å². The molecule has 4 rings (SSSR count). The lowest BCUT2D eigenvalue weighted by atomic mass is 9.99. The minimum Gasteiger partial charge on any atom is -0.305 e. The van der Waals surface area contributed by atoms with Gasteiger partial charge in [0.05, 0.1) is 5.69 Å². The molecule has 176 valence electrons. The maximum atomic E-state index is 13.4. The zero-order valence-corrected chi connectivity index (χ0v) is 19.7. The summed E-state index contributed by atoms with van der Waals surface area (Å²) in [6.07, 6.45) is 3.28. The first-order valence-electron chi connectivity index (χ1n) is 10.2. The second-order valence-electron chi connectivity index (χ2n) is 8.15. The van der Waals surface area contributed by atoms with Gasteiger partial charge in [-0.2, -0.15) is 13.2 Å². The zero-order valence-electron chi connectivity index (χ0n) is 18.1. The van der Waals surface area contributed by atoms with Gasteiger partial charge >= 0.3 is 11.5 Å². The van der Waals surface area contributed by atoms with Crippen LogP contribution in [0.5, 0.6) is 0 Å². The first-order valence-corrected chi connectivity index (χ1v) is 11.4. The SMILES string of the molecule is CC1(C)C(=O)N(c2ccc(SC(F)(F)F)cc2)C(=O)N1Cc1ccncc1-c1cccc(Cl)c1. The molecule has 0 saturated carbocycles. The van der Waals surface area contributed by atoms with E-state index in [1.165, 1.54) is 29.2 Å². The van der Waals surface area contributed by atoms with E-state index in [1.54, 1.807) is 44.4 Å². The van der Waals surface area contributed by atoms with E-state index >= 15 is 0 Å². The number of carbonyl (C=O) groups excluding carboxylic acids is 2. The summed E-state index contributed by atoms with van der Waals surface area (Å²) in [6.45, 7) is 3.41. The van der Waals surface area contributed by atoms with Crippen LogP contribution >= 0.6 is 23.4 Å². The van der Waals surface area contributed by atoms with E-state index in [4.69, 9.17) is 11.6 Å². The van der Waals surface area contributed by atoms with Gasteiger partial charge in [0.2, 0.25) is 0 Å². The smallest absolute Gasteiger partial charge is 0.305 e. The number of carbonyl (C=O) groups is 2. The third-order valence-corrected chi connectivity index (χ3v) is 6.50. The molecule has 3 amide bonds. The summed E-state index contributed by atoms with van der Waals surface area (Å²) in [5, 5.41) is 0.554. The molecule has 5 nitrogen and oxygen atoms in total. The molecule has 1 aromatic heterocycles. The van der Waals surface area contributed by atoms with E-state index in [1.807, 2.05) is 12.1 Å². The number of amides is 3. The van der Waals surface area contributed by atoms with Crippen molar-refractivity contribution in [3.05, 3.63) is 77.6 Å². The molecule has 0 aliphatic carbocycles. The highest BCUT2D eigenvalue weighted by atomic mass is 35.5. The molecular weight excluding hydrogens is 487 g/mol. The lowest BCUT2D eigenvalue weighted by Gasteiger charge is -2.28. The minimum absolute atomic E-state index is 0.0330. The van der Waals surface area contributed by atoms with Gasteiger partial charge in [0, 0.05) is 34.4 Å². The third kappa shape index (κ3) is 4.76. The molecule has 0 radical (unpaired) electrons. The standard InChI is InChI=1S/C24H19ClF3N3O2S/c1-23(2)21(32)31(18-6-8-19(9-7-18)34-24(26,27)28)22(33)30(23)14-16-10-11-29-13-20(16)15-4-3-5-17(25)12-15/h3-13H,14H2,1-2H3. The molecule has 0 bridgehead atoms. The fraction of sp³-hybridized carbons (Fsp3) is 0.208. The lowest BCUT2D eigenvalue weighted by molar-refractivity contribution is -0.123. The normalized spacial score (nSPS) is 15.8. The van der Waals surface area contributed by atoms with Crippen LogP contribution in [0.1, 0.15) is 19.4 Å². The molecule has 1 saturated heterocycles. The minimum atomic E-state index is -4.43. The Kier molecular flexibility index (Phi) is 6.35. The Morgan fingerprint density at radius 2 is 1.76 bits per heavy atom. The third-order valence-electron chi connectivity index (χ3n) is 5.53. The van der Waals surface area contributed by atoms with Crippen LogP contribution in [-0.4, -0.2) is 32.9 Å². The molecule has 1 aliphatic rings. The molecule has 2 aromatic carbocycles. The Bertz CT molecular complexity index is 1250. The number of urea groups is 1. The molecule has 1 fully saturated rings. The number of hydrogen-bond acceptors (Lipinski definition) is 4. The summed E-state index contributed by atoms with van der Waals surface area (Å²) in [5.74, 6) is -0.466. The van der Waals surface area contributed by atoms with Crippen LogP contribution in [0.25, 0.3) is 11.1 Å². The number of benzene rings is 2. The molecule has 34 heavy (non-hydrogen) atoms. The van der Waals surface area contributed by atoms with Crippen LogP contribution < -0.4 is 4.90 Å². The number of imide groups is 1. The van der Waals surface area contributed by atoms with Crippen molar-refractivity contribution in [3.8, 4) is 11.1 Å². The molecule has 0 unspecified atom stereocenters. The van der Waals surface area contributed by atoms with Crippen LogP contribution in [0.15, 0.2) is 71.9 Å². The summed E-state index contributed by atoms with van der Waals surface area (Å²) < 4.78 is 37.9. The van der Waals surface area contributed by atoms with E-state index in [9.17, 15) is 22.8 Å². The molecule has 1 aliphatic heterocycles. The topological polar surface area (TPSA) is 53.5 Å². The van der Waals surface area contributed by atoms with E-state index in [-0.39, 0.29) is 28.9 Å². The van der Waals surface area contributed by atoms with Crippen molar-refractivity contribution in [2.75, 3.05) is 4.90 Å². The second kappa shape index (κ2) is 8.96. The fourth-order valence-corrected chi connectivity index (χ4v) is 4.50. The van der Waals surface area contributed by atoms with Crippen LogP contribution in [0.2, 0.25) is 5.02 Å². The van der Waals surface area contributed by atoms with Gasteiger partial charge in [-0.3, -0.25) is 9.78 Å². The van der Waals surface area contributed by atoms with E-state index < -0.39 is 23.0 Å². The molecule has 10 heteroatoms. The van der Waals surface area contributed by atoms with Crippen molar-refractivity contribution in [3.63, 3.8) is 0 Å². The molecule has 2 heterocycles. The maximum absolute atomic E-state index is 13.4. The molecule has 0 spiro atoms. The van der Waals surface area contributed by atoms with Crippen molar-refractivity contribution in [1.82, 2.24) is 9.88 Å². The molecule has 0 N–H and O–H groups in total. The summed E-state index contributed by atoms with van der Waals surface area (Å²) in [6, 6.07) is 13.6. The number of halogens is 4. The van der Waals surface area contributed by atoms with Gasteiger partial charge in [0.15, 0.2) is 0 Å². The predicted octanol–water partition coefficient (Wildman–Crippen LogP) is 6.76. The van der Waals surface area contributed by atoms with Crippen molar-refractivity contribution in [2.24, 2.45) is 0 Å². The number of rotatable bonds is 5. The number of nitrogens with zero attached hydrogens (tertiary/aromatic N) is 3. The predicted molar refractivity (Wildman–Crippen MR) is 126 cm³/mol. The highest BCUT2D eigenvalue weighted by Gasteiger charge is 2.51. The molecule has 3 aromatic rings. The highest BCUT2D eigenvalue weighted by Crippen LogP contribution is 2.39. The summed E-state index contributed by atoms with van der Waals surface area (Å²) in [4.78, 5) is 33.2. The number of hydrogen-bond donors (Lipinski definition) is 0. The average Bonchev–Trinajstić information content (AvgIpc) is 2.93. The van der Waals surface area contributed by atoms with Gasteiger partial charge < -0.3 is 4.90 Å². The summed E-state index contributed by atoms with van der Waals surface area (Å²) >= 11 is 5.88. The van der Waals surface area contributed by atoms with Gasteiger partial charge in [-0.25, -0.2) is 9.69 Å². The molecule has 0 atom stereocenters. The highest BCUT2D eigenvalue weighted by molar-refractivity contribution is 8.00. The van der Waals surface area contributed by atoms with Crippen LogP contribution in [0, 0.1) is 0 Å². The van der Waals surface area contributed by atoms with Crippen LogP contribution in [-0.2, 0) is 11.3 Å². The second-order valence-corrected chi connectivity index (χ2v) is 9.73. The summed E-state index contributed by atoms with van der Waals surface area (Å²) in [7, 11) is 0. The van der Waals surface area contributed by atoms with Gasteiger partial charge in [-0.15, -0.1) is 0 Å². The van der Waals surface area contributed by atoms with Crippen molar-refractivity contribution in [1.29, 1.82) is 0 Å². The Morgan fingerprint density at radius 3 is 2.41 bits per heavy atom. The van der Waals surface area contributed by atoms with Crippen LogP contribution in [0.3, 0.4) is 0 Å². The number of thioether (sulfide) groups is 1. The quantitative estimate of drug-likeness (QED) is 0.284. The first kappa shape index (κ1) is 24.1. The lowest BCUT2D eigenvalue weighted by Crippen LogP contribution is -2.43. The number of alkyl halides is 3. The van der Waals surface area contributed by atoms with Gasteiger partial charge in [-0.1, -0.05) is 23.7 Å². The Hall–Kier alpha value is -3.04. The van der Waals surface area contributed by atoms with E-state index in [0.717, 1.165) is 21.6 Å². The van der Waals surface area contributed by atoms with E-state index in [2.05, 4.69) is 4.98 Å². The van der Waals surface area contributed by atoms with Gasteiger partial charge in [-0.05, 0) is 79.2 Å². The molecular formula is C24H19ClF3N3O2S. The van der Waals surface area contributed by atoms with E-state index in [0.29, 0.717) is 5.02 Å². The Morgan fingerprint density at radius 1 is 1.06 bits per heavy atom. The Balaban J connectivity index is 1.64. The number of anilines is 1. The number of pyridine rings is 1. The van der Waals surface area contributed by atoms with Crippen LogP contribution in [0.4, 0.5) is 23.7 Å². The van der Waals surface area contributed by atoms with Crippen molar-refractivity contribution in [2.45, 2.75) is 36.3 Å². The van der Waals surface area contributed by atoms with Gasteiger partial charge in [0.1, 0.15) is 5.54 Å². The number of aromatic nitrogens is 1. The summed E-state index contributed by atoms with van der Waals surface area (Å²) in [5.41, 5.74) is -3.03. The largest absolute Gasteiger partial charge is 0.446 e. The van der Waals surface area contributed by atoms with Crippen molar-refractivity contribution < 1.29 is 22.8 Å². The maximum Gasteiger partial charge on any atom is 0.446 e. The first-order chi connectivity index (χ1) is 16.0. The zero-order chi connectivity index (χ0) is 24.7. The average molecular weight is 506 g/mol. The fourth-order valence-electron chi connectivity index (χ4n) is 3.77.